The summed E-state index contributed by atoms with van der Waals surface area (Å²) in [6.45, 7) is 7.29. The van der Waals surface area contributed by atoms with Crippen molar-refractivity contribution in [1.29, 1.82) is 0 Å². The van der Waals surface area contributed by atoms with Crippen molar-refractivity contribution in [2.45, 2.75) is 19.4 Å². The van der Waals surface area contributed by atoms with E-state index in [0.29, 0.717) is 19.0 Å². The van der Waals surface area contributed by atoms with E-state index in [-0.39, 0.29) is 6.54 Å². The van der Waals surface area contributed by atoms with Gasteiger partial charge in [-0.1, -0.05) is 35.9 Å². The van der Waals surface area contributed by atoms with Crippen LogP contribution in [0.1, 0.15) is 23.0 Å². The summed E-state index contributed by atoms with van der Waals surface area (Å²) in [4.78, 5) is 4.45. The van der Waals surface area contributed by atoms with Gasteiger partial charge in [0.1, 0.15) is 5.76 Å². The number of aliphatic imine (C=N–C) groups is 1. The van der Waals surface area contributed by atoms with E-state index < -0.39 is 6.10 Å². The van der Waals surface area contributed by atoms with Gasteiger partial charge in [0.15, 0.2) is 5.96 Å². The Morgan fingerprint density at radius 2 is 2.21 bits per heavy atom. The third-order valence-corrected chi connectivity index (χ3v) is 3.51. The molecule has 0 spiro atoms. The molecule has 2 rings (SSSR count). The molecule has 0 radical (unpaired) electrons. The molecule has 1 atom stereocenters. The third kappa shape index (κ3) is 5.93. The summed E-state index contributed by atoms with van der Waals surface area (Å²) in [6, 6.07) is 11.6. The van der Waals surface area contributed by atoms with E-state index in [0.717, 1.165) is 23.3 Å². The number of hydrogen-bond donors (Lipinski definition) is 3. The minimum atomic E-state index is -0.627. The second-order valence-corrected chi connectivity index (χ2v) is 5.54. The molecule has 0 amide bonds. The fraction of sp³-hybridized carbons (Fsp3) is 0.316. The van der Waals surface area contributed by atoms with Gasteiger partial charge in [0.2, 0.25) is 0 Å². The zero-order valence-corrected chi connectivity index (χ0v) is 14.0. The van der Waals surface area contributed by atoms with Crippen molar-refractivity contribution in [2.75, 3.05) is 19.6 Å². The van der Waals surface area contributed by atoms with E-state index in [1.165, 1.54) is 0 Å². The van der Waals surface area contributed by atoms with Crippen LogP contribution in [-0.2, 0) is 6.42 Å². The Morgan fingerprint density at radius 3 is 2.92 bits per heavy atom. The number of aliphatic hydroxyl groups is 1. The normalized spacial score (nSPS) is 12.7. The average Bonchev–Trinajstić information content (AvgIpc) is 3.10. The summed E-state index contributed by atoms with van der Waals surface area (Å²) in [7, 11) is 0. The molecule has 128 valence electrons. The van der Waals surface area contributed by atoms with Crippen LogP contribution < -0.4 is 10.6 Å². The maximum Gasteiger partial charge on any atom is 0.191 e. The van der Waals surface area contributed by atoms with Crippen molar-refractivity contribution in [3.8, 4) is 0 Å². The number of furan rings is 1. The Bertz CT molecular complexity index is 650. The van der Waals surface area contributed by atoms with E-state index in [1.807, 2.05) is 43.3 Å². The van der Waals surface area contributed by atoms with Gasteiger partial charge in [0.05, 0.1) is 18.9 Å². The van der Waals surface area contributed by atoms with Gasteiger partial charge in [-0.2, -0.15) is 0 Å². The van der Waals surface area contributed by atoms with Crippen molar-refractivity contribution in [3.05, 3.63) is 72.2 Å². The Hall–Kier alpha value is -2.53. The quantitative estimate of drug-likeness (QED) is 0.396. The van der Waals surface area contributed by atoms with Crippen LogP contribution in [0.25, 0.3) is 0 Å². The van der Waals surface area contributed by atoms with Gasteiger partial charge in [-0.05, 0) is 24.6 Å². The minimum absolute atomic E-state index is 0.288. The molecule has 24 heavy (non-hydrogen) atoms. The van der Waals surface area contributed by atoms with Gasteiger partial charge in [-0.15, -0.1) is 6.58 Å². The van der Waals surface area contributed by atoms with Crippen LogP contribution in [0.15, 0.2) is 64.7 Å². The molecule has 0 fully saturated rings. The zero-order valence-electron chi connectivity index (χ0n) is 14.0. The Morgan fingerprint density at radius 1 is 1.33 bits per heavy atom. The highest BCUT2D eigenvalue weighted by Gasteiger charge is 2.07. The zero-order chi connectivity index (χ0) is 17.2. The highest BCUT2D eigenvalue weighted by Crippen LogP contribution is 2.14. The molecule has 2 aromatic rings. The number of aryl methyl sites for hydroxylation is 1. The first-order chi connectivity index (χ1) is 11.7. The van der Waals surface area contributed by atoms with Crippen molar-refractivity contribution < 1.29 is 9.52 Å². The van der Waals surface area contributed by atoms with Gasteiger partial charge in [-0.3, -0.25) is 4.99 Å². The monoisotopic (exact) mass is 327 g/mol. The summed E-state index contributed by atoms with van der Waals surface area (Å²) in [5.41, 5.74) is 1.99. The summed E-state index contributed by atoms with van der Waals surface area (Å²) in [6.07, 6.45) is 3.57. The Kier molecular flexibility index (Phi) is 7.11. The summed E-state index contributed by atoms with van der Waals surface area (Å²) >= 11 is 0. The molecule has 0 aliphatic rings. The molecule has 0 aliphatic heterocycles. The topological polar surface area (TPSA) is 69.8 Å². The number of aliphatic hydroxyl groups excluding tert-OH is 1. The van der Waals surface area contributed by atoms with Gasteiger partial charge in [0.25, 0.3) is 0 Å². The van der Waals surface area contributed by atoms with E-state index in [4.69, 9.17) is 4.42 Å². The predicted molar refractivity (Wildman–Crippen MR) is 97.1 cm³/mol. The second-order valence-electron chi connectivity index (χ2n) is 5.54. The molecule has 3 N–H and O–H groups in total. The van der Waals surface area contributed by atoms with Crippen molar-refractivity contribution in [2.24, 2.45) is 4.99 Å². The molecule has 5 heteroatoms. The van der Waals surface area contributed by atoms with Crippen molar-refractivity contribution in [3.63, 3.8) is 0 Å². The highest BCUT2D eigenvalue weighted by atomic mass is 16.3. The molecule has 1 aromatic carbocycles. The maximum atomic E-state index is 10.3. The minimum Gasteiger partial charge on any atom is -0.469 e. The SMILES string of the molecule is C=CCNC(=NCC(O)c1cccc(C)c1)NCCc1ccco1. The van der Waals surface area contributed by atoms with Crippen LogP contribution in [-0.4, -0.2) is 30.7 Å². The summed E-state index contributed by atoms with van der Waals surface area (Å²) in [5, 5.41) is 16.7. The standard InChI is InChI=1S/C19H25N3O2/c1-3-10-20-19(21-11-9-17-8-5-12-24-17)22-14-18(23)16-7-4-6-15(2)13-16/h3-8,12-13,18,23H,1,9-11,14H2,2H3,(H2,20,21,22). The highest BCUT2D eigenvalue weighted by molar-refractivity contribution is 5.79. The Labute approximate surface area is 143 Å². The van der Waals surface area contributed by atoms with Gasteiger partial charge < -0.3 is 20.2 Å². The smallest absolute Gasteiger partial charge is 0.191 e. The first-order valence-corrected chi connectivity index (χ1v) is 8.09. The second kappa shape index (κ2) is 9.57. The van der Waals surface area contributed by atoms with Crippen LogP contribution in [0.4, 0.5) is 0 Å². The summed E-state index contributed by atoms with van der Waals surface area (Å²) in [5.74, 6) is 1.57. The number of rotatable bonds is 8. The third-order valence-electron chi connectivity index (χ3n) is 3.51. The van der Waals surface area contributed by atoms with Crippen molar-refractivity contribution >= 4 is 5.96 Å². The van der Waals surface area contributed by atoms with Gasteiger partial charge in [0, 0.05) is 19.5 Å². The van der Waals surface area contributed by atoms with E-state index >= 15 is 0 Å². The van der Waals surface area contributed by atoms with Crippen LogP contribution in [0.5, 0.6) is 0 Å². The molecule has 1 aromatic heterocycles. The fourth-order valence-corrected chi connectivity index (χ4v) is 2.26. The first kappa shape index (κ1) is 17.8. The van der Waals surface area contributed by atoms with Gasteiger partial charge >= 0.3 is 0 Å². The lowest BCUT2D eigenvalue weighted by Crippen LogP contribution is -2.38. The number of nitrogens with one attached hydrogen (secondary N) is 2. The molecule has 0 bridgehead atoms. The molecule has 1 heterocycles. The van der Waals surface area contributed by atoms with Crippen LogP contribution in [0.3, 0.4) is 0 Å². The number of hydrogen-bond acceptors (Lipinski definition) is 3. The maximum absolute atomic E-state index is 10.3. The molecule has 0 aliphatic carbocycles. The lowest BCUT2D eigenvalue weighted by Gasteiger charge is -2.13. The number of guanidine groups is 1. The molecular weight excluding hydrogens is 302 g/mol. The lowest BCUT2D eigenvalue weighted by atomic mass is 10.1. The fourth-order valence-electron chi connectivity index (χ4n) is 2.26. The van der Waals surface area contributed by atoms with E-state index in [1.54, 1.807) is 12.3 Å². The van der Waals surface area contributed by atoms with E-state index in [9.17, 15) is 5.11 Å². The lowest BCUT2D eigenvalue weighted by molar-refractivity contribution is 0.187. The largest absolute Gasteiger partial charge is 0.469 e. The molecule has 0 saturated heterocycles. The molecule has 1 unspecified atom stereocenters. The van der Waals surface area contributed by atoms with Crippen LogP contribution >= 0.6 is 0 Å². The molecule has 0 saturated carbocycles. The van der Waals surface area contributed by atoms with E-state index in [2.05, 4.69) is 22.2 Å². The number of benzene rings is 1. The predicted octanol–water partition coefficient (Wildman–Crippen LogP) is 2.59. The first-order valence-electron chi connectivity index (χ1n) is 8.09. The molecule has 5 nitrogen and oxygen atoms in total. The van der Waals surface area contributed by atoms with Crippen LogP contribution in [0.2, 0.25) is 0 Å². The van der Waals surface area contributed by atoms with Gasteiger partial charge in [-0.25, -0.2) is 0 Å². The van der Waals surface area contributed by atoms with Crippen molar-refractivity contribution in [1.82, 2.24) is 10.6 Å². The number of nitrogens with zero attached hydrogens (tertiary/aromatic N) is 1. The van der Waals surface area contributed by atoms with Crippen LogP contribution in [0, 0.1) is 6.92 Å². The Balaban J connectivity index is 1.90. The summed E-state index contributed by atoms with van der Waals surface area (Å²) < 4.78 is 5.31. The average molecular weight is 327 g/mol. The molecular formula is C19H25N3O2.